The van der Waals surface area contributed by atoms with Crippen LogP contribution >= 0.6 is 0 Å². The molecule has 1 aliphatic rings. The molecule has 1 unspecified atom stereocenters. The van der Waals surface area contributed by atoms with Crippen LogP contribution in [0.15, 0.2) is 0 Å². The summed E-state index contributed by atoms with van der Waals surface area (Å²) in [4.78, 5) is 12.0. The van der Waals surface area contributed by atoms with E-state index in [4.69, 9.17) is 10.5 Å². The molecule has 1 atom stereocenters. The second-order valence-corrected chi connectivity index (χ2v) is 5.23. The van der Waals surface area contributed by atoms with Crippen molar-refractivity contribution in [2.45, 2.75) is 56.5 Å². The Balaban J connectivity index is 2.40. The van der Waals surface area contributed by atoms with E-state index in [1.807, 2.05) is 0 Å². The van der Waals surface area contributed by atoms with Gasteiger partial charge in [-0.3, -0.25) is 4.79 Å². The van der Waals surface area contributed by atoms with E-state index < -0.39 is 11.6 Å². The summed E-state index contributed by atoms with van der Waals surface area (Å²) < 4.78 is 4.94. The van der Waals surface area contributed by atoms with E-state index >= 15 is 0 Å². The highest BCUT2D eigenvalue weighted by Gasteiger charge is 2.33. The summed E-state index contributed by atoms with van der Waals surface area (Å²) in [5.74, 6) is -0.151. The van der Waals surface area contributed by atoms with Gasteiger partial charge >= 0.3 is 0 Å². The number of rotatable bonds is 7. The molecule has 1 amide bonds. The number of aliphatic hydroxyl groups is 1. The SMILES string of the molecule is COCCCC(N)C(=O)NC1(CO)CCCCC1. The summed E-state index contributed by atoms with van der Waals surface area (Å²) in [6, 6.07) is -0.509. The fourth-order valence-electron chi connectivity index (χ4n) is 2.48. The smallest absolute Gasteiger partial charge is 0.237 e. The van der Waals surface area contributed by atoms with Gasteiger partial charge < -0.3 is 20.9 Å². The van der Waals surface area contributed by atoms with E-state index in [1.54, 1.807) is 7.11 Å². The lowest BCUT2D eigenvalue weighted by molar-refractivity contribution is -0.125. The van der Waals surface area contributed by atoms with Gasteiger partial charge in [-0.15, -0.1) is 0 Å². The molecule has 18 heavy (non-hydrogen) atoms. The van der Waals surface area contributed by atoms with E-state index in [0.29, 0.717) is 13.0 Å². The van der Waals surface area contributed by atoms with Crippen LogP contribution in [-0.4, -0.2) is 42.9 Å². The highest BCUT2D eigenvalue weighted by molar-refractivity contribution is 5.82. The van der Waals surface area contributed by atoms with Gasteiger partial charge in [0, 0.05) is 13.7 Å². The molecule has 0 aliphatic heterocycles. The highest BCUT2D eigenvalue weighted by Crippen LogP contribution is 2.27. The fraction of sp³-hybridized carbons (Fsp3) is 0.923. The van der Waals surface area contributed by atoms with Crippen molar-refractivity contribution >= 4 is 5.91 Å². The largest absolute Gasteiger partial charge is 0.394 e. The molecule has 0 radical (unpaired) electrons. The summed E-state index contributed by atoms with van der Waals surface area (Å²) in [6.07, 6.45) is 6.37. The minimum absolute atomic E-state index is 0.00350. The second-order valence-electron chi connectivity index (χ2n) is 5.23. The van der Waals surface area contributed by atoms with Crippen LogP contribution in [0.25, 0.3) is 0 Å². The standard InChI is InChI=1S/C13H26N2O3/c1-18-9-5-6-11(14)12(17)15-13(10-16)7-3-2-4-8-13/h11,16H,2-10,14H2,1H3,(H,15,17). The van der Waals surface area contributed by atoms with Gasteiger partial charge in [-0.05, 0) is 25.7 Å². The van der Waals surface area contributed by atoms with Gasteiger partial charge in [0.15, 0.2) is 0 Å². The lowest BCUT2D eigenvalue weighted by atomic mass is 9.82. The number of amides is 1. The first-order chi connectivity index (χ1) is 8.63. The third-order valence-corrected chi connectivity index (χ3v) is 3.70. The lowest BCUT2D eigenvalue weighted by Gasteiger charge is -2.37. The Bertz CT molecular complexity index is 253. The maximum absolute atomic E-state index is 12.0. The van der Waals surface area contributed by atoms with Crippen LogP contribution in [0.3, 0.4) is 0 Å². The van der Waals surface area contributed by atoms with Crippen molar-refractivity contribution in [2.24, 2.45) is 5.73 Å². The molecule has 1 saturated carbocycles. The first kappa shape index (κ1) is 15.4. The van der Waals surface area contributed by atoms with E-state index in [0.717, 1.165) is 32.1 Å². The second kappa shape index (κ2) is 7.71. The number of ether oxygens (including phenoxy) is 1. The van der Waals surface area contributed by atoms with Crippen LogP contribution in [0.1, 0.15) is 44.9 Å². The van der Waals surface area contributed by atoms with E-state index in [1.165, 1.54) is 6.42 Å². The maximum atomic E-state index is 12.0. The van der Waals surface area contributed by atoms with Crippen molar-refractivity contribution in [2.75, 3.05) is 20.3 Å². The van der Waals surface area contributed by atoms with Crippen molar-refractivity contribution in [3.8, 4) is 0 Å². The van der Waals surface area contributed by atoms with E-state index in [-0.39, 0.29) is 12.5 Å². The molecule has 0 heterocycles. The third-order valence-electron chi connectivity index (χ3n) is 3.70. The Labute approximate surface area is 109 Å². The Hall–Kier alpha value is -0.650. The number of hydrogen-bond donors (Lipinski definition) is 3. The van der Waals surface area contributed by atoms with E-state index in [2.05, 4.69) is 5.32 Å². The number of nitrogens with two attached hydrogens (primary N) is 1. The van der Waals surface area contributed by atoms with Crippen LogP contribution in [-0.2, 0) is 9.53 Å². The zero-order valence-corrected chi connectivity index (χ0v) is 11.3. The van der Waals surface area contributed by atoms with Gasteiger partial charge in [0.05, 0.1) is 18.2 Å². The predicted octanol–water partition coefficient (Wildman–Crippen LogP) is 0.552. The molecule has 0 aromatic rings. The summed E-state index contributed by atoms with van der Waals surface area (Å²) in [7, 11) is 1.63. The summed E-state index contributed by atoms with van der Waals surface area (Å²) >= 11 is 0. The molecule has 4 N–H and O–H groups in total. The van der Waals surface area contributed by atoms with Crippen molar-refractivity contribution < 1.29 is 14.6 Å². The topological polar surface area (TPSA) is 84.6 Å². The van der Waals surface area contributed by atoms with Gasteiger partial charge in [-0.1, -0.05) is 19.3 Å². The van der Waals surface area contributed by atoms with Crippen molar-refractivity contribution in [1.82, 2.24) is 5.32 Å². The number of nitrogens with one attached hydrogen (secondary N) is 1. The molecule has 5 nitrogen and oxygen atoms in total. The van der Waals surface area contributed by atoms with Gasteiger partial charge in [0.25, 0.3) is 0 Å². The first-order valence-corrected chi connectivity index (χ1v) is 6.81. The quantitative estimate of drug-likeness (QED) is 0.582. The van der Waals surface area contributed by atoms with Crippen LogP contribution in [0, 0.1) is 0 Å². The third kappa shape index (κ3) is 4.55. The average Bonchev–Trinajstić information content (AvgIpc) is 2.40. The molecule has 0 saturated heterocycles. The maximum Gasteiger partial charge on any atom is 0.237 e. The van der Waals surface area contributed by atoms with Crippen molar-refractivity contribution in [3.63, 3.8) is 0 Å². The van der Waals surface area contributed by atoms with Crippen LogP contribution in [0.4, 0.5) is 0 Å². The number of aliphatic hydroxyl groups excluding tert-OH is 1. The molecule has 0 spiro atoms. The number of carbonyl (C=O) groups excluding carboxylic acids is 1. The molecule has 1 fully saturated rings. The molecular formula is C13H26N2O3. The summed E-state index contributed by atoms with van der Waals surface area (Å²) in [5.41, 5.74) is 5.40. The highest BCUT2D eigenvalue weighted by atomic mass is 16.5. The fourth-order valence-corrected chi connectivity index (χ4v) is 2.48. The normalized spacial score (nSPS) is 20.4. The van der Waals surface area contributed by atoms with Crippen molar-refractivity contribution in [1.29, 1.82) is 0 Å². The minimum Gasteiger partial charge on any atom is -0.394 e. The van der Waals surface area contributed by atoms with E-state index in [9.17, 15) is 9.90 Å². The number of methoxy groups -OCH3 is 1. The Morgan fingerprint density at radius 2 is 2.11 bits per heavy atom. The number of carbonyl (C=O) groups is 1. The van der Waals surface area contributed by atoms with Crippen LogP contribution < -0.4 is 11.1 Å². The molecule has 0 bridgehead atoms. The van der Waals surface area contributed by atoms with Gasteiger partial charge in [-0.2, -0.15) is 0 Å². The predicted molar refractivity (Wildman–Crippen MR) is 70.1 cm³/mol. The average molecular weight is 258 g/mol. The van der Waals surface area contributed by atoms with Crippen molar-refractivity contribution in [3.05, 3.63) is 0 Å². The number of hydrogen-bond acceptors (Lipinski definition) is 4. The van der Waals surface area contributed by atoms with Gasteiger partial charge in [0.1, 0.15) is 0 Å². The monoisotopic (exact) mass is 258 g/mol. The molecule has 0 aromatic heterocycles. The van der Waals surface area contributed by atoms with Gasteiger partial charge in [0.2, 0.25) is 5.91 Å². The summed E-state index contributed by atoms with van der Waals surface area (Å²) in [6.45, 7) is 0.621. The van der Waals surface area contributed by atoms with Crippen LogP contribution in [0.2, 0.25) is 0 Å². The molecular weight excluding hydrogens is 232 g/mol. The lowest BCUT2D eigenvalue weighted by Crippen LogP contribution is -2.56. The van der Waals surface area contributed by atoms with Gasteiger partial charge in [-0.25, -0.2) is 0 Å². The first-order valence-electron chi connectivity index (χ1n) is 6.81. The molecule has 1 aliphatic carbocycles. The Kier molecular flexibility index (Phi) is 6.60. The zero-order valence-electron chi connectivity index (χ0n) is 11.3. The Morgan fingerprint density at radius 3 is 2.67 bits per heavy atom. The Morgan fingerprint density at radius 1 is 1.44 bits per heavy atom. The molecule has 1 rings (SSSR count). The molecule has 0 aromatic carbocycles. The van der Waals surface area contributed by atoms with Crippen LogP contribution in [0.5, 0.6) is 0 Å². The molecule has 106 valence electrons. The minimum atomic E-state index is -0.509. The molecule has 5 heteroatoms. The summed E-state index contributed by atoms with van der Waals surface area (Å²) in [5, 5.41) is 12.5. The zero-order chi connectivity index (χ0) is 13.4.